The summed E-state index contributed by atoms with van der Waals surface area (Å²) in [7, 11) is -2.87. The summed E-state index contributed by atoms with van der Waals surface area (Å²) < 4.78 is 22.3. The summed E-state index contributed by atoms with van der Waals surface area (Å²) >= 11 is 6.18. The largest absolute Gasteiger partial charge is 0.368 e. The van der Waals surface area contributed by atoms with Gasteiger partial charge in [0.15, 0.2) is 0 Å². The van der Waals surface area contributed by atoms with Crippen molar-refractivity contribution in [2.24, 2.45) is 0 Å². The second kappa shape index (κ2) is 6.11. The Morgan fingerprint density at radius 1 is 1.16 bits per heavy atom. The number of hydrogen-bond donors (Lipinski definition) is 0. The highest BCUT2D eigenvalue weighted by molar-refractivity contribution is 7.90. The van der Waals surface area contributed by atoms with Gasteiger partial charge < -0.3 is 4.90 Å². The molecule has 0 bridgehead atoms. The quantitative estimate of drug-likeness (QED) is 0.845. The first-order valence-corrected chi connectivity index (χ1v) is 8.79. The van der Waals surface area contributed by atoms with E-state index in [1.807, 2.05) is 24.3 Å². The van der Waals surface area contributed by atoms with Crippen molar-refractivity contribution in [3.63, 3.8) is 0 Å². The molecule has 0 aliphatic carbocycles. The van der Waals surface area contributed by atoms with Crippen LogP contribution in [-0.4, -0.2) is 58.1 Å². The summed E-state index contributed by atoms with van der Waals surface area (Å²) in [5, 5.41) is 0.770. The molecule has 106 valence electrons. The van der Waals surface area contributed by atoms with Gasteiger partial charge in [0.25, 0.3) is 0 Å². The van der Waals surface area contributed by atoms with Crippen LogP contribution in [0.3, 0.4) is 0 Å². The van der Waals surface area contributed by atoms with Crippen LogP contribution in [0.5, 0.6) is 0 Å². The van der Waals surface area contributed by atoms with Gasteiger partial charge in [-0.05, 0) is 12.1 Å². The van der Waals surface area contributed by atoms with E-state index < -0.39 is 9.84 Å². The lowest BCUT2D eigenvalue weighted by atomic mass is 10.2. The molecule has 4 nitrogen and oxygen atoms in total. The first-order chi connectivity index (χ1) is 8.96. The van der Waals surface area contributed by atoms with E-state index in [0.29, 0.717) is 6.54 Å². The van der Waals surface area contributed by atoms with E-state index in [1.165, 1.54) is 6.26 Å². The minimum Gasteiger partial charge on any atom is -0.368 e. The predicted molar refractivity (Wildman–Crippen MR) is 79.8 cm³/mol. The van der Waals surface area contributed by atoms with E-state index in [-0.39, 0.29) is 5.75 Å². The van der Waals surface area contributed by atoms with Crippen molar-refractivity contribution >= 4 is 27.1 Å². The predicted octanol–water partition coefficient (Wildman–Crippen LogP) is 1.51. The topological polar surface area (TPSA) is 40.6 Å². The number of halogens is 1. The van der Waals surface area contributed by atoms with Crippen molar-refractivity contribution in [3.8, 4) is 0 Å². The van der Waals surface area contributed by atoms with Crippen LogP contribution in [0.2, 0.25) is 5.02 Å². The molecule has 6 heteroatoms. The Hall–Kier alpha value is -0.780. The van der Waals surface area contributed by atoms with Crippen LogP contribution in [-0.2, 0) is 9.84 Å². The van der Waals surface area contributed by atoms with Gasteiger partial charge in [-0.1, -0.05) is 23.7 Å². The van der Waals surface area contributed by atoms with Gasteiger partial charge in [-0.15, -0.1) is 0 Å². The Labute approximate surface area is 119 Å². The highest BCUT2D eigenvalue weighted by Gasteiger charge is 2.19. The minimum atomic E-state index is -2.87. The van der Waals surface area contributed by atoms with Crippen molar-refractivity contribution in [1.29, 1.82) is 0 Å². The number of rotatable bonds is 4. The Morgan fingerprint density at radius 2 is 1.79 bits per heavy atom. The van der Waals surface area contributed by atoms with Crippen molar-refractivity contribution in [1.82, 2.24) is 4.90 Å². The van der Waals surface area contributed by atoms with Gasteiger partial charge in [-0.3, -0.25) is 4.90 Å². The molecular formula is C13H19ClN2O2S. The summed E-state index contributed by atoms with van der Waals surface area (Å²) in [6.07, 6.45) is 1.28. The fraction of sp³-hybridized carbons (Fsp3) is 0.538. The van der Waals surface area contributed by atoms with E-state index in [2.05, 4.69) is 9.80 Å². The lowest BCUT2D eigenvalue weighted by molar-refractivity contribution is 0.272. The molecule has 0 unspecified atom stereocenters. The first kappa shape index (κ1) is 14.6. The number of piperazine rings is 1. The van der Waals surface area contributed by atoms with Crippen molar-refractivity contribution in [2.75, 3.05) is 49.6 Å². The second-order valence-electron chi connectivity index (χ2n) is 4.91. The summed E-state index contributed by atoms with van der Waals surface area (Å²) in [4.78, 5) is 4.44. The number of para-hydroxylation sites is 1. The summed E-state index contributed by atoms with van der Waals surface area (Å²) in [6.45, 7) is 4.14. The Kier molecular flexibility index (Phi) is 4.71. The van der Waals surface area contributed by atoms with Gasteiger partial charge in [0.2, 0.25) is 0 Å². The lowest BCUT2D eigenvalue weighted by Gasteiger charge is -2.36. The third-order valence-electron chi connectivity index (χ3n) is 3.34. The van der Waals surface area contributed by atoms with E-state index in [9.17, 15) is 8.42 Å². The smallest absolute Gasteiger partial charge is 0.148 e. The monoisotopic (exact) mass is 302 g/mol. The van der Waals surface area contributed by atoms with Gasteiger partial charge in [-0.2, -0.15) is 0 Å². The van der Waals surface area contributed by atoms with Gasteiger partial charge in [-0.25, -0.2) is 8.42 Å². The molecule has 0 saturated carbocycles. The SMILES string of the molecule is CS(=O)(=O)CCN1CCN(c2ccccc2Cl)CC1. The normalized spacial score (nSPS) is 17.7. The maximum atomic E-state index is 11.1. The van der Waals surface area contributed by atoms with Crippen LogP contribution in [0, 0.1) is 0 Å². The summed E-state index contributed by atoms with van der Waals surface area (Å²) in [5.74, 6) is 0.235. The van der Waals surface area contributed by atoms with Crippen LogP contribution in [0.25, 0.3) is 0 Å². The van der Waals surface area contributed by atoms with Crippen LogP contribution >= 0.6 is 11.6 Å². The van der Waals surface area contributed by atoms with Crippen molar-refractivity contribution in [3.05, 3.63) is 29.3 Å². The van der Waals surface area contributed by atoms with Gasteiger partial charge in [0.1, 0.15) is 9.84 Å². The average Bonchev–Trinajstić information content (AvgIpc) is 2.37. The van der Waals surface area contributed by atoms with Gasteiger partial charge >= 0.3 is 0 Å². The second-order valence-corrected chi connectivity index (χ2v) is 7.58. The Balaban J connectivity index is 1.88. The molecule has 1 fully saturated rings. The minimum absolute atomic E-state index is 0.235. The highest BCUT2D eigenvalue weighted by atomic mass is 35.5. The molecule has 19 heavy (non-hydrogen) atoms. The van der Waals surface area contributed by atoms with Gasteiger partial charge in [0, 0.05) is 39.0 Å². The molecule has 2 rings (SSSR count). The number of nitrogens with zero attached hydrogens (tertiary/aromatic N) is 2. The average molecular weight is 303 g/mol. The maximum absolute atomic E-state index is 11.1. The number of anilines is 1. The molecular weight excluding hydrogens is 284 g/mol. The molecule has 1 aliphatic rings. The molecule has 1 aliphatic heterocycles. The first-order valence-electron chi connectivity index (χ1n) is 6.35. The molecule has 0 N–H and O–H groups in total. The molecule has 1 aromatic carbocycles. The Bertz CT molecular complexity index is 525. The van der Waals surface area contributed by atoms with E-state index in [4.69, 9.17) is 11.6 Å². The molecule has 0 aromatic heterocycles. The number of hydrogen-bond acceptors (Lipinski definition) is 4. The Morgan fingerprint density at radius 3 is 2.37 bits per heavy atom. The van der Waals surface area contributed by atoms with Crippen LogP contribution in [0.15, 0.2) is 24.3 Å². The maximum Gasteiger partial charge on any atom is 0.148 e. The lowest BCUT2D eigenvalue weighted by Crippen LogP contribution is -2.47. The van der Waals surface area contributed by atoms with Gasteiger partial charge in [0.05, 0.1) is 16.5 Å². The van der Waals surface area contributed by atoms with E-state index in [0.717, 1.165) is 36.9 Å². The van der Waals surface area contributed by atoms with Crippen LogP contribution < -0.4 is 4.90 Å². The van der Waals surface area contributed by atoms with Crippen LogP contribution in [0.4, 0.5) is 5.69 Å². The van der Waals surface area contributed by atoms with Crippen LogP contribution in [0.1, 0.15) is 0 Å². The molecule has 1 saturated heterocycles. The third kappa shape index (κ3) is 4.37. The molecule has 1 aromatic rings. The fourth-order valence-corrected chi connectivity index (χ4v) is 3.06. The molecule has 1 heterocycles. The highest BCUT2D eigenvalue weighted by Crippen LogP contribution is 2.25. The van der Waals surface area contributed by atoms with E-state index in [1.54, 1.807) is 0 Å². The third-order valence-corrected chi connectivity index (χ3v) is 4.59. The zero-order valence-electron chi connectivity index (χ0n) is 11.0. The fourth-order valence-electron chi connectivity index (χ4n) is 2.22. The molecule has 0 spiro atoms. The van der Waals surface area contributed by atoms with Crippen molar-refractivity contribution in [2.45, 2.75) is 0 Å². The zero-order valence-corrected chi connectivity index (χ0v) is 12.6. The van der Waals surface area contributed by atoms with Crippen molar-refractivity contribution < 1.29 is 8.42 Å². The standard InChI is InChI=1S/C13H19ClN2O2S/c1-19(17,18)11-10-15-6-8-16(9-7-15)13-5-3-2-4-12(13)14/h2-5H,6-11H2,1H3. The summed E-state index contributed by atoms with van der Waals surface area (Å²) in [6, 6.07) is 7.83. The molecule has 0 radical (unpaired) electrons. The molecule has 0 amide bonds. The number of sulfone groups is 1. The summed E-state index contributed by atoms with van der Waals surface area (Å²) in [5.41, 5.74) is 1.06. The van der Waals surface area contributed by atoms with E-state index >= 15 is 0 Å². The number of benzene rings is 1. The zero-order chi connectivity index (χ0) is 13.9. The molecule has 0 atom stereocenters.